The van der Waals surface area contributed by atoms with E-state index in [2.05, 4.69) is 20.8 Å². The van der Waals surface area contributed by atoms with Crippen LogP contribution in [0.25, 0.3) is 5.69 Å². The summed E-state index contributed by atoms with van der Waals surface area (Å²) >= 11 is 0. The number of carbonyl (C=O) groups excluding carboxylic acids is 1. The molecule has 0 saturated heterocycles. The van der Waals surface area contributed by atoms with Gasteiger partial charge < -0.3 is 5.32 Å². The third-order valence-corrected chi connectivity index (χ3v) is 4.65. The smallest absolute Gasteiger partial charge is 0.235 e. The Morgan fingerprint density at radius 1 is 1.30 bits per heavy atom. The normalized spacial score (nSPS) is 12.8. The van der Waals surface area contributed by atoms with Crippen molar-refractivity contribution in [1.29, 1.82) is 0 Å². The van der Waals surface area contributed by atoms with Gasteiger partial charge in [0, 0.05) is 6.04 Å². The highest BCUT2D eigenvalue weighted by atomic mass is 32.2. The lowest BCUT2D eigenvalue weighted by Gasteiger charge is -2.11. The van der Waals surface area contributed by atoms with Crippen molar-refractivity contribution in [3.8, 4) is 5.69 Å². The summed E-state index contributed by atoms with van der Waals surface area (Å²) in [7, 11) is -3.66. The summed E-state index contributed by atoms with van der Waals surface area (Å²) in [5.74, 6) is -1.33. The zero-order chi connectivity index (χ0) is 16.9. The summed E-state index contributed by atoms with van der Waals surface area (Å²) in [5.41, 5.74) is 0.659. The molecule has 1 atom stereocenters. The molecule has 1 unspecified atom stereocenters. The predicted octanol–water partition coefficient (Wildman–Crippen LogP) is 0.492. The Morgan fingerprint density at radius 3 is 2.65 bits per heavy atom. The number of aromatic nitrogens is 4. The van der Waals surface area contributed by atoms with Crippen LogP contribution in [0.15, 0.2) is 30.3 Å². The second-order valence-corrected chi connectivity index (χ2v) is 7.32. The van der Waals surface area contributed by atoms with Gasteiger partial charge in [0.25, 0.3) is 0 Å². The number of sulfone groups is 1. The van der Waals surface area contributed by atoms with Crippen LogP contribution in [0.5, 0.6) is 0 Å². The first-order valence-corrected chi connectivity index (χ1v) is 9.06. The summed E-state index contributed by atoms with van der Waals surface area (Å²) < 4.78 is 25.7. The number of hydrogen-bond acceptors (Lipinski definition) is 6. The molecule has 23 heavy (non-hydrogen) atoms. The Labute approximate surface area is 134 Å². The Bertz CT molecular complexity index is 758. The summed E-state index contributed by atoms with van der Waals surface area (Å²) in [6, 6.07) is 8.91. The largest absolute Gasteiger partial charge is 0.353 e. The fourth-order valence-electron chi connectivity index (χ4n) is 1.93. The van der Waals surface area contributed by atoms with Crippen LogP contribution < -0.4 is 5.32 Å². The van der Waals surface area contributed by atoms with Gasteiger partial charge in [-0.1, -0.05) is 25.1 Å². The van der Waals surface area contributed by atoms with Crippen LogP contribution in [0.1, 0.15) is 26.1 Å². The number of carbonyl (C=O) groups is 1. The standard InChI is InChI=1S/C14H19N5O3S/c1-3-11(2)15-14(20)10-23(21,22)9-13-16-17-18-19(13)12-7-5-4-6-8-12/h4-8,11H,3,9-10H2,1-2H3,(H,15,20). The van der Waals surface area contributed by atoms with E-state index in [1.54, 1.807) is 24.3 Å². The molecule has 1 amide bonds. The number of nitrogens with one attached hydrogen (secondary N) is 1. The van der Waals surface area contributed by atoms with Gasteiger partial charge in [-0.2, -0.15) is 4.68 Å². The van der Waals surface area contributed by atoms with Gasteiger partial charge >= 0.3 is 0 Å². The van der Waals surface area contributed by atoms with Crippen LogP contribution in [0.4, 0.5) is 0 Å². The molecule has 124 valence electrons. The van der Waals surface area contributed by atoms with Crippen LogP contribution >= 0.6 is 0 Å². The molecule has 0 bridgehead atoms. The average Bonchev–Trinajstić information content (AvgIpc) is 2.94. The summed E-state index contributed by atoms with van der Waals surface area (Å²) in [4.78, 5) is 11.8. The van der Waals surface area contributed by atoms with E-state index in [0.29, 0.717) is 5.69 Å². The van der Waals surface area contributed by atoms with E-state index < -0.39 is 27.3 Å². The van der Waals surface area contributed by atoms with Crippen molar-refractivity contribution >= 4 is 15.7 Å². The van der Waals surface area contributed by atoms with Crippen LogP contribution in [0.2, 0.25) is 0 Å². The van der Waals surface area contributed by atoms with Crippen LogP contribution in [0, 0.1) is 0 Å². The molecule has 1 heterocycles. The Morgan fingerprint density at radius 2 is 2.00 bits per heavy atom. The molecule has 0 aliphatic rings. The third kappa shape index (κ3) is 4.85. The van der Waals surface area contributed by atoms with Crippen LogP contribution in [0.3, 0.4) is 0 Å². The fraction of sp³-hybridized carbons (Fsp3) is 0.429. The van der Waals surface area contributed by atoms with E-state index in [1.807, 2.05) is 19.9 Å². The molecule has 9 heteroatoms. The first-order chi connectivity index (χ1) is 10.9. The molecule has 2 rings (SSSR count). The highest BCUT2D eigenvalue weighted by molar-refractivity contribution is 7.91. The summed E-state index contributed by atoms with van der Waals surface area (Å²) in [5, 5.41) is 13.7. The van der Waals surface area contributed by atoms with Crippen molar-refractivity contribution in [2.45, 2.75) is 32.1 Å². The number of para-hydroxylation sites is 1. The molecular weight excluding hydrogens is 318 g/mol. The minimum atomic E-state index is -3.66. The number of tetrazole rings is 1. The Hall–Kier alpha value is -2.29. The van der Waals surface area contributed by atoms with Crippen molar-refractivity contribution in [3.63, 3.8) is 0 Å². The monoisotopic (exact) mass is 337 g/mol. The Kier molecular flexibility index (Phi) is 5.43. The molecule has 0 spiro atoms. The number of hydrogen-bond donors (Lipinski definition) is 1. The zero-order valence-electron chi connectivity index (χ0n) is 13.0. The van der Waals surface area contributed by atoms with Crippen LogP contribution in [-0.2, 0) is 20.4 Å². The third-order valence-electron chi connectivity index (χ3n) is 3.25. The molecular formula is C14H19N5O3S. The van der Waals surface area contributed by atoms with Gasteiger partial charge in [0.1, 0.15) is 11.5 Å². The maximum absolute atomic E-state index is 12.2. The number of nitrogens with zero attached hydrogens (tertiary/aromatic N) is 4. The van der Waals surface area contributed by atoms with Gasteiger partial charge in [-0.15, -0.1) is 5.10 Å². The molecule has 0 aliphatic carbocycles. The van der Waals surface area contributed by atoms with Crippen molar-refractivity contribution in [2.75, 3.05) is 5.75 Å². The van der Waals surface area contributed by atoms with Crippen molar-refractivity contribution < 1.29 is 13.2 Å². The topological polar surface area (TPSA) is 107 Å². The summed E-state index contributed by atoms with van der Waals surface area (Å²) in [6.07, 6.45) is 0.734. The Balaban J connectivity index is 2.10. The minimum absolute atomic E-state index is 0.0626. The van der Waals surface area contributed by atoms with E-state index in [0.717, 1.165) is 6.42 Å². The first-order valence-electron chi connectivity index (χ1n) is 7.23. The molecule has 0 radical (unpaired) electrons. The maximum Gasteiger partial charge on any atom is 0.235 e. The zero-order valence-corrected chi connectivity index (χ0v) is 13.8. The molecule has 1 N–H and O–H groups in total. The molecule has 0 saturated carbocycles. The lowest BCUT2D eigenvalue weighted by molar-refractivity contribution is -0.119. The van der Waals surface area contributed by atoms with E-state index in [9.17, 15) is 13.2 Å². The number of benzene rings is 1. The predicted molar refractivity (Wildman–Crippen MR) is 84.5 cm³/mol. The average molecular weight is 337 g/mol. The van der Waals surface area contributed by atoms with Gasteiger partial charge in [0.05, 0.1) is 5.69 Å². The molecule has 2 aromatic rings. The second kappa shape index (κ2) is 7.32. The SMILES string of the molecule is CCC(C)NC(=O)CS(=O)(=O)Cc1nnnn1-c1ccccc1. The van der Waals surface area contributed by atoms with Crippen LogP contribution in [-0.4, -0.2) is 46.3 Å². The molecule has 8 nitrogen and oxygen atoms in total. The molecule has 0 aliphatic heterocycles. The molecule has 1 aromatic heterocycles. The minimum Gasteiger partial charge on any atom is -0.353 e. The van der Waals surface area contributed by atoms with Gasteiger partial charge in [-0.05, 0) is 35.9 Å². The molecule has 1 aromatic carbocycles. The van der Waals surface area contributed by atoms with Crippen molar-refractivity contribution in [1.82, 2.24) is 25.5 Å². The molecule has 0 fully saturated rings. The fourth-order valence-corrected chi connectivity index (χ4v) is 3.09. The number of rotatable bonds is 7. The van der Waals surface area contributed by atoms with Gasteiger partial charge in [-0.25, -0.2) is 8.42 Å². The number of amides is 1. The second-order valence-electron chi connectivity index (χ2n) is 5.25. The van der Waals surface area contributed by atoms with Gasteiger partial charge in [0.15, 0.2) is 15.7 Å². The van der Waals surface area contributed by atoms with E-state index in [1.165, 1.54) is 4.68 Å². The maximum atomic E-state index is 12.2. The first kappa shape index (κ1) is 17.1. The van der Waals surface area contributed by atoms with E-state index in [-0.39, 0.29) is 11.9 Å². The summed E-state index contributed by atoms with van der Waals surface area (Å²) in [6.45, 7) is 3.73. The highest BCUT2D eigenvalue weighted by Crippen LogP contribution is 2.10. The highest BCUT2D eigenvalue weighted by Gasteiger charge is 2.22. The van der Waals surface area contributed by atoms with Crippen molar-refractivity contribution in [3.05, 3.63) is 36.2 Å². The van der Waals surface area contributed by atoms with E-state index >= 15 is 0 Å². The van der Waals surface area contributed by atoms with Gasteiger partial charge in [-0.3, -0.25) is 4.79 Å². The van der Waals surface area contributed by atoms with Gasteiger partial charge in [0.2, 0.25) is 5.91 Å². The lowest BCUT2D eigenvalue weighted by Crippen LogP contribution is -2.36. The quantitative estimate of drug-likeness (QED) is 0.788. The lowest BCUT2D eigenvalue weighted by atomic mass is 10.3. The van der Waals surface area contributed by atoms with E-state index in [4.69, 9.17) is 0 Å². The van der Waals surface area contributed by atoms with Crippen molar-refractivity contribution in [2.24, 2.45) is 0 Å².